The van der Waals surface area contributed by atoms with Crippen LogP contribution < -0.4 is 4.74 Å². The third-order valence-electron chi connectivity index (χ3n) is 11.3. The van der Waals surface area contributed by atoms with Crippen LogP contribution in [0.2, 0.25) is 0 Å². The van der Waals surface area contributed by atoms with E-state index in [1.54, 1.807) is 36.0 Å². The molecule has 3 heterocycles. The van der Waals surface area contributed by atoms with Crippen LogP contribution in [0.3, 0.4) is 0 Å². The van der Waals surface area contributed by atoms with Gasteiger partial charge in [-0.25, -0.2) is 29.6 Å². The van der Waals surface area contributed by atoms with Gasteiger partial charge in [-0.3, -0.25) is 9.48 Å². The van der Waals surface area contributed by atoms with Gasteiger partial charge in [0.2, 0.25) is 0 Å². The number of sulfone groups is 1. The first-order valence-corrected chi connectivity index (χ1v) is 22.7. The highest BCUT2D eigenvalue weighted by molar-refractivity contribution is 7.94. The normalized spacial score (nSPS) is 19.0. The molecule has 7 rings (SSSR count). The maximum absolute atomic E-state index is 16.5. The van der Waals surface area contributed by atoms with Crippen molar-refractivity contribution in [2.75, 3.05) is 12.9 Å². The van der Waals surface area contributed by atoms with Crippen molar-refractivity contribution in [1.82, 2.24) is 13.8 Å². The zero-order valence-corrected chi connectivity index (χ0v) is 35.9. The third-order valence-corrected chi connectivity index (χ3v) is 14.7. The van der Waals surface area contributed by atoms with Crippen molar-refractivity contribution in [2.45, 2.75) is 70.7 Å². The summed E-state index contributed by atoms with van der Waals surface area (Å²) in [7, 11) is -6.79. The summed E-state index contributed by atoms with van der Waals surface area (Å²) < 4.78 is 102. The quantitative estimate of drug-likeness (QED) is 0.152. The molecule has 0 fully saturated rings. The number of esters is 1. The molecule has 14 heteroatoms. The van der Waals surface area contributed by atoms with Gasteiger partial charge in [0, 0.05) is 40.4 Å². The first kappa shape index (κ1) is 42.5. The predicted octanol–water partition coefficient (Wildman–Crippen LogP) is 9.83. The number of carbonyl (C=O) groups is 1. The minimum atomic E-state index is -4.20. The molecule has 0 radical (unpaired) electrons. The highest BCUT2D eigenvalue weighted by Crippen LogP contribution is 2.42. The molecule has 0 amide bonds. The first-order valence-electron chi connectivity index (χ1n) is 19.6. The molecular formula is C46H47F2N3O7S2. The van der Waals surface area contributed by atoms with Crippen molar-refractivity contribution >= 4 is 42.8 Å². The number of carbonyl (C=O) groups excluding carboxylic acids is 1. The fraction of sp³-hybridized carbons (Fsp3) is 0.304. The van der Waals surface area contributed by atoms with Crippen molar-refractivity contribution in [3.8, 4) is 22.8 Å². The summed E-state index contributed by atoms with van der Waals surface area (Å²) in [5.41, 5.74) is 1.44. The Balaban J connectivity index is 1.40. The van der Waals surface area contributed by atoms with Crippen LogP contribution in [0, 0.1) is 29.9 Å². The topological polar surface area (TPSA) is 127 Å². The maximum Gasteiger partial charge on any atom is 0.308 e. The van der Waals surface area contributed by atoms with Crippen LogP contribution in [0.1, 0.15) is 69.2 Å². The second-order valence-corrected chi connectivity index (χ2v) is 20.3. The van der Waals surface area contributed by atoms with Gasteiger partial charge in [0.25, 0.3) is 10.0 Å². The molecule has 2 bridgehead atoms. The van der Waals surface area contributed by atoms with Crippen LogP contribution in [0.25, 0.3) is 28.2 Å². The van der Waals surface area contributed by atoms with E-state index in [2.05, 4.69) is 0 Å². The summed E-state index contributed by atoms with van der Waals surface area (Å²) in [6, 6.07) is 22.2. The molecule has 1 aliphatic rings. The van der Waals surface area contributed by atoms with Crippen molar-refractivity contribution < 1.29 is 39.9 Å². The Bertz CT molecular complexity index is 2860. The molecule has 2 atom stereocenters. The van der Waals surface area contributed by atoms with Gasteiger partial charge >= 0.3 is 5.97 Å². The lowest BCUT2D eigenvalue weighted by Crippen LogP contribution is -2.34. The average Bonchev–Trinajstić information content (AvgIpc) is 3.86. The lowest BCUT2D eigenvalue weighted by atomic mass is 9.81. The number of aryl methyl sites for hydroxylation is 1. The minimum absolute atomic E-state index is 0.0133. The highest BCUT2D eigenvalue weighted by atomic mass is 32.2. The van der Waals surface area contributed by atoms with Gasteiger partial charge in [-0.2, -0.15) is 5.10 Å². The van der Waals surface area contributed by atoms with E-state index in [-0.39, 0.29) is 50.1 Å². The van der Waals surface area contributed by atoms with E-state index < -0.39 is 48.4 Å². The van der Waals surface area contributed by atoms with Crippen LogP contribution in [0.15, 0.2) is 108 Å². The van der Waals surface area contributed by atoms with Crippen molar-refractivity contribution in [3.63, 3.8) is 0 Å². The number of halogens is 2. The van der Waals surface area contributed by atoms with Gasteiger partial charge in [0.1, 0.15) is 11.6 Å². The van der Waals surface area contributed by atoms with Crippen LogP contribution in [0.4, 0.5) is 8.78 Å². The summed E-state index contributed by atoms with van der Waals surface area (Å²) in [6.45, 7) is 9.34. The zero-order chi connectivity index (χ0) is 43.2. The van der Waals surface area contributed by atoms with Crippen LogP contribution >= 0.6 is 0 Å². The number of ether oxygens (including phenoxy) is 2. The lowest BCUT2D eigenvalue weighted by Gasteiger charge is -2.34. The van der Waals surface area contributed by atoms with Gasteiger partial charge in [0.15, 0.2) is 21.4 Å². The zero-order valence-electron chi connectivity index (χ0n) is 34.3. The van der Waals surface area contributed by atoms with E-state index in [4.69, 9.17) is 14.6 Å². The van der Waals surface area contributed by atoms with Crippen LogP contribution in [-0.2, 0) is 41.4 Å². The van der Waals surface area contributed by atoms with Gasteiger partial charge in [0.05, 0.1) is 40.4 Å². The van der Waals surface area contributed by atoms with E-state index in [1.807, 2.05) is 52.0 Å². The molecule has 1 unspecified atom stereocenters. The molecular weight excluding hydrogens is 809 g/mol. The third kappa shape index (κ3) is 8.40. The van der Waals surface area contributed by atoms with E-state index >= 15 is 8.78 Å². The molecule has 0 spiro atoms. The number of fused-ring (bicyclic) bond motifs is 7. The number of rotatable bonds is 6. The minimum Gasteiger partial charge on any atom is -0.469 e. The van der Waals surface area contributed by atoms with E-state index in [9.17, 15) is 21.6 Å². The van der Waals surface area contributed by atoms with E-state index in [0.717, 1.165) is 32.1 Å². The second kappa shape index (κ2) is 16.1. The summed E-state index contributed by atoms with van der Waals surface area (Å²) in [6.07, 6.45) is 6.03. The molecule has 0 saturated carbocycles. The Labute approximate surface area is 349 Å². The Morgan fingerprint density at radius 3 is 2.45 bits per heavy atom. The number of nitrogens with zero attached hydrogens (tertiary/aromatic N) is 3. The molecule has 0 N–H and O–H groups in total. The van der Waals surface area contributed by atoms with Gasteiger partial charge in [-0.05, 0) is 98.2 Å². The number of aromatic nitrogens is 3. The Kier molecular flexibility index (Phi) is 11.4. The molecule has 6 aromatic rings. The number of benzene rings is 4. The second-order valence-electron chi connectivity index (χ2n) is 16.6. The lowest BCUT2D eigenvalue weighted by molar-refractivity contribution is -0.144. The van der Waals surface area contributed by atoms with Crippen LogP contribution in [0.5, 0.6) is 11.5 Å². The highest BCUT2D eigenvalue weighted by Gasteiger charge is 2.35. The van der Waals surface area contributed by atoms with Crippen LogP contribution in [-0.4, -0.2) is 49.4 Å². The molecule has 4 aromatic carbocycles. The largest absolute Gasteiger partial charge is 0.469 e. The van der Waals surface area contributed by atoms with Gasteiger partial charge in [-0.15, -0.1) is 0 Å². The standard InChI is InChI=1S/C46H47F2N3O7S2/c1-30-11-14-35(15-12-30)60(55,56)50-23-18-36-37-19-24-59(53,54)29-45(3,4)20-8-21-46(5,33-10-7-9-32(26-33)25-31(2)44(52)57-6)51-41(17-22-49-51)38-27-34(13-16-39(38)47)58-43(37)40(48)28-42(36)50/h7,9-19,22-24,26-28,31H,8,20-21,25,29H2,1-6H3/b24-19-/t31-,46?/m1/s1. The SMILES string of the molecule is COC(=O)[C@H](C)Cc1cccc(C2(C)CCCC(C)(C)CS(=O)(=O)/C=C\c3c(c(F)cc4c3ccn4S(=O)(=O)c3ccc(C)cc3)Oc3ccc(F)c(c3)-c3ccnn32)c1. The predicted molar refractivity (Wildman–Crippen MR) is 228 cm³/mol. The first-order chi connectivity index (χ1) is 28.3. The van der Waals surface area contributed by atoms with Gasteiger partial charge in [-0.1, -0.05) is 69.2 Å². The summed E-state index contributed by atoms with van der Waals surface area (Å²) >= 11 is 0. The fourth-order valence-electron chi connectivity index (χ4n) is 8.11. The summed E-state index contributed by atoms with van der Waals surface area (Å²) in [5, 5.41) is 5.96. The molecule has 1 aliphatic heterocycles. The number of hydrogen-bond donors (Lipinski definition) is 0. The molecule has 60 heavy (non-hydrogen) atoms. The Morgan fingerprint density at radius 1 is 0.967 bits per heavy atom. The molecule has 0 aliphatic carbocycles. The molecule has 314 valence electrons. The van der Waals surface area contributed by atoms with Crippen molar-refractivity contribution in [1.29, 1.82) is 0 Å². The number of hydrogen-bond acceptors (Lipinski definition) is 8. The number of methoxy groups -OCH3 is 1. The van der Waals surface area contributed by atoms with Gasteiger partial charge < -0.3 is 9.47 Å². The summed E-state index contributed by atoms with van der Waals surface area (Å²) in [4.78, 5) is 12.3. The maximum atomic E-state index is 16.5. The fourth-order valence-corrected chi connectivity index (χ4v) is 11.1. The van der Waals surface area contributed by atoms with Crippen molar-refractivity contribution in [3.05, 3.63) is 137 Å². The van der Waals surface area contributed by atoms with E-state index in [0.29, 0.717) is 31.4 Å². The summed E-state index contributed by atoms with van der Waals surface area (Å²) in [5.74, 6) is -2.88. The molecule has 0 saturated heterocycles. The monoisotopic (exact) mass is 855 g/mol. The molecule has 2 aromatic heterocycles. The van der Waals surface area contributed by atoms with Crippen molar-refractivity contribution in [2.24, 2.45) is 11.3 Å². The Morgan fingerprint density at radius 2 is 1.72 bits per heavy atom. The smallest absolute Gasteiger partial charge is 0.308 e. The average molecular weight is 856 g/mol. The van der Waals surface area contributed by atoms with E-state index in [1.165, 1.54) is 55.8 Å². The Hall–Kier alpha value is -5.60. The molecule has 10 nitrogen and oxygen atoms in total.